The number of hydrogen-bond donors (Lipinski definition) is 4. The summed E-state index contributed by atoms with van der Waals surface area (Å²) in [4.78, 5) is 59.0. The molecule has 0 aliphatic rings. The number of hydrogen-bond acceptors (Lipinski definition) is 14. The molecule has 4 N–H and O–H groups in total. The number of phosphoric acid groups is 2. The van der Waals surface area contributed by atoms with Crippen LogP contribution in [0.25, 0.3) is 0 Å². The van der Waals surface area contributed by atoms with Crippen LogP contribution in [0.1, 0.15) is 393 Å². The Labute approximate surface area is 702 Å². The third-order valence-electron chi connectivity index (χ3n) is 19.5. The van der Waals surface area contributed by atoms with Crippen molar-refractivity contribution in [1.82, 2.24) is 0 Å². The maximum absolute atomic E-state index is 13.1. The number of unbranched alkanes of at least 4 members (excludes halogenated alkanes) is 40. The number of ether oxygens (including phenoxy) is 3. The van der Waals surface area contributed by atoms with Gasteiger partial charge in [0.1, 0.15) is 25.4 Å². The van der Waals surface area contributed by atoms with Crippen molar-refractivity contribution in [3.8, 4) is 0 Å². The Morgan fingerprint density at radius 3 is 0.730 bits per heavy atom. The number of esters is 3. The molecule has 0 saturated heterocycles. The zero-order valence-corrected chi connectivity index (χ0v) is 74.7. The highest BCUT2D eigenvalue weighted by Crippen LogP contribution is 2.45. The third kappa shape index (κ3) is 90.0. The zero-order valence-electron chi connectivity index (χ0n) is 72.9. The second-order valence-corrected chi connectivity index (χ2v) is 33.6. The number of allylic oxidation sites excluding steroid dienone is 24. The molecule has 16 nitrogen and oxygen atoms in total. The Hall–Kier alpha value is -4.57. The largest absolute Gasteiger partial charge is 0.472 e. The summed E-state index contributed by atoms with van der Waals surface area (Å²) in [6.07, 6.45) is 112. The first kappa shape index (κ1) is 110. The van der Waals surface area contributed by atoms with Crippen molar-refractivity contribution in [2.24, 2.45) is 0 Å². The molecule has 0 aromatic heterocycles. The highest BCUT2D eigenvalue weighted by Gasteiger charge is 2.29. The van der Waals surface area contributed by atoms with E-state index in [4.69, 9.17) is 32.3 Å². The number of rotatable bonds is 87. The van der Waals surface area contributed by atoms with Crippen LogP contribution in [0.15, 0.2) is 146 Å². The van der Waals surface area contributed by atoms with E-state index in [0.717, 1.165) is 161 Å². The maximum Gasteiger partial charge on any atom is 0.472 e. The first-order chi connectivity index (χ1) is 56.2. The molecule has 0 bridgehead atoms. The Morgan fingerprint density at radius 1 is 0.252 bits per heavy atom. The predicted molar refractivity (Wildman–Crippen MR) is 482 cm³/mol. The van der Waals surface area contributed by atoms with E-state index in [1.807, 2.05) is 0 Å². The van der Waals surface area contributed by atoms with Crippen LogP contribution >= 0.6 is 15.6 Å². The molecular formula is C97H168O16P2. The summed E-state index contributed by atoms with van der Waals surface area (Å²) in [6.45, 7) is 2.55. The Kier molecular flexibility index (Phi) is 85.2. The number of phosphoric ester groups is 2. The SMILES string of the molecule is CC/C=C\C/C=C\C/C=C\C/C=C\C/C=C\CCCCCCCCCCCCCCCCCC(=O)OCC(O)COP(=O)(O)OCC(O)COP(=O)(O)OCC(COC(=O)CCCCCCCCCCCCCCC/C=C\C/C=C\C/C=C\C/C=C\CCCCC)OC(=O)CCCCCCCC/C=C\C/C=C\C/C=C\CCCCC. The minimum Gasteiger partial charge on any atom is -0.463 e. The van der Waals surface area contributed by atoms with Gasteiger partial charge < -0.3 is 34.2 Å². The maximum atomic E-state index is 13.1. The van der Waals surface area contributed by atoms with E-state index in [2.05, 4.69) is 167 Å². The van der Waals surface area contributed by atoms with Crippen LogP contribution in [-0.2, 0) is 55.8 Å². The molecule has 0 saturated carbocycles. The minimum absolute atomic E-state index is 0.0883. The minimum atomic E-state index is -4.94. The fourth-order valence-corrected chi connectivity index (χ4v) is 14.1. The molecule has 0 aliphatic heterocycles. The van der Waals surface area contributed by atoms with Crippen LogP contribution in [0.3, 0.4) is 0 Å². The molecule has 0 aliphatic carbocycles. The number of aliphatic hydroxyl groups excluding tert-OH is 2. The molecule has 0 fully saturated rings. The van der Waals surface area contributed by atoms with Crippen LogP contribution in [0.2, 0.25) is 0 Å². The molecule has 0 aromatic rings. The van der Waals surface area contributed by atoms with Crippen LogP contribution in [-0.4, -0.2) is 95.9 Å². The van der Waals surface area contributed by atoms with E-state index in [0.29, 0.717) is 19.3 Å². The summed E-state index contributed by atoms with van der Waals surface area (Å²) in [5.41, 5.74) is 0. The van der Waals surface area contributed by atoms with E-state index in [1.165, 1.54) is 173 Å². The highest BCUT2D eigenvalue weighted by atomic mass is 31.2. The van der Waals surface area contributed by atoms with Crippen LogP contribution < -0.4 is 0 Å². The van der Waals surface area contributed by atoms with Gasteiger partial charge in [-0.2, -0.15) is 0 Å². The van der Waals surface area contributed by atoms with E-state index < -0.39 is 91.5 Å². The van der Waals surface area contributed by atoms with Crippen molar-refractivity contribution >= 4 is 33.6 Å². The van der Waals surface area contributed by atoms with E-state index in [9.17, 15) is 43.5 Å². The average molecular weight is 1650 g/mol. The first-order valence-electron chi connectivity index (χ1n) is 46.1. The van der Waals surface area contributed by atoms with Crippen molar-refractivity contribution < 1.29 is 75.8 Å². The lowest BCUT2D eigenvalue weighted by atomic mass is 10.0. The van der Waals surface area contributed by atoms with Gasteiger partial charge in [-0.25, -0.2) is 9.13 Å². The Morgan fingerprint density at radius 2 is 0.461 bits per heavy atom. The summed E-state index contributed by atoms with van der Waals surface area (Å²) in [5, 5.41) is 20.7. The van der Waals surface area contributed by atoms with Gasteiger partial charge in [0.25, 0.3) is 0 Å². The third-order valence-corrected chi connectivity index (χ3v) is 21.4. The molecule has 0 rings (SSSR count). The number of carbonyl (C=O) groups is 3. The van der Waals surface area contributed by atoms with Crippen molar-refractivity contribution in [2.45, 2.75) is 411 Å². The lowest BCUT2D eigenvalue weighted by Crippen LogP contribution is -2.30. The first-order valence-corrected chi connectivity index (χ1v) is 49.1. The molecule has 5 unspecified atom stereocenters. The monoisotopic (exact) mass is 1650 g/mol. The smallest absolute Gasteiger partial charge is 0.463 e. The van der Waals surface area contributed by atoms with Crippen LogP contribution in [0.4, 0.5) is 0 Å². The van der Waals surface area contributed by atoms with Crippen molar-refractivity contribution in [2.75, 3.05) is 39.6 Å². The van der Waals surface area contributed by atoms with Crippen molar-refractivity contribution in [3.63, 3.8) is 0 Å². The van der Waals surface area contributed by atoms with Crippen LogP contribution in [0, 0.1) is 0 Å². The predicted octanol–water partition coefficient (Wildman–Crippen LogP) is 28.3. The second-order valence-electron chi connectivity index (χ2n) is 30.7. The van der Waals surface area contributed by atoms with Crippen molar-refractivity contribution in [1.29, 1.82) is 0 Å². The summed E-state index contributed by atoms with van der Waals surface area (Å²) in [5.74, 6) is -1.58. The number of aliphatic hydroxyl groups is 2. The summed E-state index contributed by atoms with van der Waals surface area (Å²) >= 11 is 0. The highest BCUT2D eigenvalue weighted by molar-refractivity contribution is 7.47. The zero-order chi connectivity index (χ0) is 83.6. The van der Waals surface area contributed by atoms with E-state index >= 15 is 0 Å². The van der Waals surface area contributed by atoms with Gasteiger partial charge in [-0.15, -0.1) is 0 Å². The van der Waals surface area contributed by atoms with E-state index in [1.54, 1.807) is 0 Å². The van der Waals surface area contributed by atoms with Gasteiger partial charge in [-0.05, 0) is 148 Å². The van der Waals surface area contributed by atoms with Gasteiger partial charge in [0.2, 0.25) is 0 Å². The molecule has 0 spiro atoms. The standard InChI is InChI=1S/C97H168O16P2/c1-4-7-10-13-16-19-22-25-28-31-34-36-38-40-42-44-45-47-49-50-52-54-57-59-62-65-68-71-74-77-80-83-95(100)107-86-92(98)87-109-114(103,104)110-88-93(99)89-111-115(105,106)112-91-94(113-97(102)85-82-79-76-73-70-67-64-61-56-33-30-27-24-21-18-15-12-9-6-3)90-108-96(101)84-81-78-75-72-69-66-63-60-58-55-53-51-48-46-43-41-39-37-35-32-29-26-23-20-17-14-11-8-5-2/h7,10,16-21,25-30,34-37,40-43,56,61,92-94,98-99H,4-6,8-9,11-15,22-24,31-33,38-39,44-55,57-60,62-91H2,1-3H3,(H,103,104)(H,105,106)/b10-7-,19-16-,20-17-,21-18-,28-25-,29-26-,30-27-,36-34-,37-35-,42-40-,43-41-,61-56-. The van der Waals surface area contributed by atoms with Gasteiger partial charge in [0.05, 0.1) is 26.4 Å². The summed E-state index contributed by atoms with van der Waals surface area (Å²) in [6, 6.07) is 0. The Balaban J connectivity index is 4.56. The van der Waals surface area contributed by atoms with Gasteiger partial charge in [-0.3, -0.25) is 32.5 Å². The molecule has 115 heavy (non-hydrogen) atoms. The fraction of sp³-hybridized carbons (Fsp3) is 0.722. The van der Waals surface area contributed by atoms with E-state index in [-0.39, 0.29) is 19.3 Å². The van der Waals surface area contributed by atoms with Gasteiger partial charge in [-0.1, -0.05) is 372 Å². The molecule has 5 atom stereocenters. The van der Waals surface area contributed by atoms with Gasteiger partial charge in [0.15, 0.2) is 6.10 Å². The topological polar surface area (TPSA) is 231 Å². The normalized spacial score (nSPS) is 14.5. The fourth-order valence-electron chi connectivity index (χ4n) is 12.5. The molecule has 0 radical (unpaired) electrons. The number of carbonyl (C=O) groups excluding carboxylic acids is 3. The quantitative estimate of drug-likeness (QED) is 0.0146. The molecule has 0 heterocycles. The molecule has 18 heteroatoms. The summed E-state index contributed by atoms with van der Waals surface area (Å²) < 4.78 is 61.5. The van der Waals surface area contributed by atoms with Crippen LogP contribution in [0.5, 0.6) is 0 Å². The lowest BCUT2D eigenvalue weighted by Gasteiger charge is -2.21. The molecule has 0 aromatic carbocycles. The summed E-state index contributed by atoms with van der Waals surface area (Å²) in [7, 11) is -9.81. The molecule has 0 amide bonds. The van der Waals surface area contributed by atoms with Gasteiger partial charge in [0, 0.05) is 19.3 Å². The van der Waals surface area contributed by atoms with Gasteiger partial charge >= 0.3 is 33.6 Å². The lowest BCUT2D eigenvalue weighted by molar-refractivity contribution is -0.161. The Bertz CT molecular complexity index is 2670. The second kappa shape index (κ2) is 88.7. The van der Waals surface area contributed by atoms with Crippen molar-refractivity contribution in [3.05, 3.63) is 146 Å². The molecule has 662 valence electrons. The average Bonchev–Trinajstić information content (AvgIpc) is 0.896. The molecular weight excluding hydrogens is 1480 g/mol.